The largest absolute Gasteiger partial charge is 0.316 e. The van der Waals surface area contributed by atoms with E-state index < -0.39 is 0 Å². The van der Waals surface area contributed by atoms with Crippen LogP contribution in [0.1, 0.15) is 0 Å². The van der Waals surface area contributed by atoms with Crippen LogP contribution in [-0.4, -0.2) is 24.9 Å². The number of anilines is 2. The van der Waals surface area contributed by atoms with Gasteiger partial charge in [-0.3, -0.25) is 0 Å². The first-order valence-electron chi connectivity index (χ1n) is 8.17. The molecule has 0 saturated heterocycles. The predicted molar refractivity (Wildman–Crippen MR) is 109 cm³/mol. The highest BCUT2D eigenvalue weighted by molar-refractivity contribution is 7.99. The first-order valence-corrected chi connectivity index (χ1v) is 9.81. The summed E-state index contributed by atoms with van der Waals surface area (Å²) in [6, 6.07) is 15.8. The van der Waals surface area contributed by atoms with E-state index in [1.54, 1.807) is 30.5 Å². The number of benzene rings is 1. The molecular formula is C19H12N6S2. The lowest BCUT2D eigenvalue weighted by molar-refractivity contribution is 1.13. The predicted octanol–water partition coefficient (Wildman–Crippen LogP) is 4.92. The van der Waals surface area contributed by atoms with E-state index in [-0.39, 0.29) is 0 Å². The van der Waals surface area contributed by atoms with E-state index in [0.29, 0.717) is 0 Å². The molecule has 1 N–H and O–H groups in total. The minimum atomic E-state index is 0.725. The quantitative estimate of drug-likeness (QED) is 0.468. The van der Waals surface area contributed by atoms with Crippen LogP contribution in [0.15, 0.2) is 77.2 Å². The second-order valence-corrected chi connectivity index (χ2v) is 7.71. The summed E-state index contributed by atoms with van der Waals surface area (Å²) >= 11 is 3.10. The molecule has 0 aliphatic heterocycles. The molecule has 27 heavy (non-hydrogen) atoms. The van der Waals surface area contributed by atoms with E-state index in [4.69, 9.17) is 0 Å². The van der Waals surface area contributed by atoms with Crippen LogP contribution < -0.4 is 5.32 Å². The Bertz CT molecular complexity index is 1210. The third-order valence-electron chi connectivity index (χ3n) is 3.86. The zero-order valence-electron chi connectivity index (χ0n) is 13.9. The van der Waals surface area contributed by atoms with Crippen LogP contribution >= 0.6 is 23.1 Å². The van der Waals surface area contributed by atoms with Gasteiger partial charge in [-0.15, -0.1) is 0 Å². The van der Waals surface area contributed by atoms with Crippen molar-refractivity contribution in [2.75, 3.05) is 5.32 Å². The van der Waals surface area contributed by atoms with Gasteiger partial charge in [-0.05, 0) is 42.5 Å². The lowest BCUT2D eigenvalue weighted by Gasteiger charge is -2.07. The Morgan fingerprint density at radius 1 is 0.852 bits per heavy atom. The minimum absolute atomic E-state index is 0.725. The van der Waals surface area contributed by atoms with Crippen LogP contribution in [0, 0.1) is 0 Å². The van der Waals surface area contributed by atoms with Crippen LogP contribution in [0.2, 0.25) is 0 Å². The smallest absolute Gasteiger partial charge is 0.190 e. The molecule has 0 saturated carbocycles. The molecule has 0 radical (unpaired) electrons. The summed E-state index contributed by atoms with van der Waals surface area (Å²) in [4.78, 5) is 24.0. The van der Waals surface area contributed by atoms with Gasteiger partial charge in [-0.25, -0.2) is 24.9 Å². The van der Waals surface area contributed by atoms with Crippen molar-refractivity contribution in [3.63, 3.8) is 0 Å². The van der Waals surface area contributed by atoms with E-state index in [9.17, 15) is 0 Å². The Balaban J connectivity index is 1.52. The van der Waals surface area contributed by atoms with Crippen molar-refractivity contribution >= 4 is 55.3 Å². The van der Waals surface area contributed by atoms with Crippen LogP contribution in [0.4, 0.5) is 10.9 Å². The molecule has 0 bridgehead atoms. The molecule has 1 aromatic carbocycles. The lowest BCUT2D eigenvalue weighted by Crippen LogP contribution is -1.95. The van der Waals surface area contributed by atoms with Crippen LogP contribution in [0.5, 0.6) is 0 Å². The van der Waals surface area contributed by atoms with Gasteiger partial charge in [0.25, 0.3) is 0 Å². The molecule has 0 fully saturated rings. The highest BCUT2D eigenvalue weighted by Crippen LogP contribution is 2.32. The lowest BCUT2D eigenvalue weighted by atomic mass is 10.2. The van der Waals surface area contributed by atoms with E-state index in [1.165, 1.54) is 11.3 Å². The fourth-order valence-corrected chi connectivity index (χ4v) is 4.27. The van der Waals surface area contributed by atoms with Crippen molar-refractivity contribution in [1.29, 1.82) is 0 Å². The molecule has 130 valence electrons. The number of nitrogens with one attached hydrogen (secondary N) is 1. The normalized spacial score (nSPS) is 11.1. The average molecular weight is 388 g/mol. The van der Waals surface area contributed by atoms with Gasteiger partial charge in [0.05, 0.1) is 5.52 Å². The topological polar surface area (TPSA) is 76.5 Å². The standard InChI is InChI=1S/C19H12N6S2/c1-2-8-20-16(5-1)26-12-6-7-14-13(10-12)17(23-11-22-14)25-19-24-15-4-3-9-21-18(15)27-19/h1-11H,(H,22,23,24,25). The van der Waals surface area contributed by atoms with Gasteiger partial charge in [-0.1, -0.05) is 29.2 Å². The molecule has 0 unspecified atom stereocenters. The van der Waals surface area contributed by atoms with E-state index in [2.05, 4.69) is 36.3 Å². The first kappa shape index (κ1) is 16.1. The van der Waals surface area contributed by atoms with E-state index >= 15 is 0 Å². The third kappa shape index (κ3) is 3.32. The van der Waals surface area contributed by atoms with Crippen molar-refractivity contribution in [3.8, 4) is 0 Å². The maximum atomic E-state index is 4.57. The zero-order chi connectivity index (χ0) is 18.1. The summed E-state index contributed by atoms with van der Waals surface area (Å²) in [7, 11) is 0. The van der Waals surface area contributed by atoms with Gasteiger partial charge in [0.2, 0.25) is 0 Å². The van der Waals surface area contributed by atoms with Gasteiger partial charge in [-0.2, -0.15) is 0 Å². The summed E-state index contributed by atoms with van der Waals surface area (Å²) < 4.78 is 0. The Labute approximate surface area is 162 Å². The Kier molecular flexibility index (Phi) is 4.11. The van der Waals surface area contributed by atoms with Crippen LogP contribution in [-0.2, 0) is 0 Å². The van der Waals surface area contributed by atoms with Crippen molar-refractivity contribution < 1.29 is 0 Å². The Hall–Kier alpha value is -3.10. The van der Waals surface area contributed by atoms with Gasteiger partial charge in [0.1, 0.15) is 27.5 Å². The van der Waals surface area contributed by atoms with Crippen molar-refractivity contribution in [1.82, 2.24) is 24.9 Å². The van der Waals surface area contributed by atoms with Gasteiger partial charge in [0, 0.05) is 22.7 Å². The molecule has 5 rings (SSSR count). The molecule has 0 amide bonds. The van der Waals surface area contributed by atoms with Gasteiger partial charge in [0.15, 0.2) is 5.13 Å². The number of rotatable bonds is 4. The summed E-state index contributed by atoms with van der Waals surface area (Å²) in [6.07, 6.45) is 5.12. The van der Waals surface area contributed by atoms with Gasteiger partial charge >= 0.3 is 0 Å². The van der Waals surface area contributed by atoms with Crippen LogP contribution in [0.3, 0.4) is 0 Å². The highest BCUT2D eigenvalue weighted by atomic mass is 32.2. The maximum absolute atomic E-state index is 4.57. The SMILES string of the molecule is c1ccc(Sc2ccc3ncnc(Nc4nc5cccnc5s4)c3c2)nc1. The van der Waals surface area contributed by atoms with Crippen molar-refractivity contribution in [3.05, 3.63) is 67.3 Å². The number of hydrogen-bond acceptors (Lipinski definition) is 8. The molecular weight excluding hydrogens is 376 g/mol. The molecule has 8 heteroatoms. The Morgan fingerprint density at radius 3 is 2.70 bits per heavy atom. The summed E-state index contributed by atoms with van der Waals surface area (Å²) in [5.74, 6) is 0.725. The first-order chi connectivity index (χ1) is 13.3. The van der Waals surface area contributed by atoms with Crippen LogP contribution in [0.25, 0.3) is 21.3 Å². The molecule has 6 nitrogen and oxygen atoms in total. The monoisotopic (exact) mass is 388 g/mol. The fraction of sp³-hybridized carbons (Fsp3) is 0. The summed E-state index contributed by atoms with van der Waals surface area (Å²) in [5.41, 5.74) is 1.74. The second kappa shape index (κ2) is 6.90. The summed E-state index contributed by atoms with van der Waals surface area (Å²) in [6.45, 7) is 0. The number of thiazole rings is 1. The number of nitrogens with zero attached hydrogens (tertiary/aromatic N) is 5. The maximum Gasteiger partial charge on any atom is 0.190 e. The Morgan fingerprint density at radius 2 is 1.81 bits per heavy atom. The molecule has 0 atom stereocenters. The molecule has 0 spiro atoms. The molecule has 0 aliphatic carbocycles. The third-order valence-corrected chi connectivity index (χ3v) is 5.69. The zero-order valence-corrected chi connectivity index (χ0v) is 15.5. The molecule has 4 aromatic heterocycles. The summed E-state index contributed by atoms with van der Waals surface area (Å²) in [5, 5.41) is 5.96. The van der Waals surface area contributed by atoms with E-state index in [1.807, 2.05) is 42.5 Å². The molecule has 4 heterocycles. The molecule has 5 aromatic rings. The number of hydrogen-bond donors (Lipinski definition) is 1. The average Bonchev–Trinajstić information content (AvgIpc) is 3.12. The van der Waals surface area contributed by atoms with Gasteiger partial charge < -0.3 is 5.32 Å². The van der Waals surface area contributed by atoms with Crippen molar-refractivity contribution in [2.24, 2.45) is 0 Å². The fourth-order valence-electron chi connectivity index (χ4n) is 2.65. The highest BCUT2D eigenvalue weighted by Gasteiger charge is 2.10. The number of aromatic nitrogens is 5. The molecule has 0 aliphatic rings. The number of fused-ring (bicyclic) bond motifs is 2. The number of pyridine rings is 2. The minimum Gasteiger partial charge on any atom is -0.316 e. The second-order valence-electron chi connectivity index (χ2n) is 5.64. The van der Waals surface area contributed by atoms with Crippen molar-refractivity contribution in [2.45, 2.75) is 9.92 Å². The van der Waals surface area contributed by atoms with E-state index in [0.717, 1.165) is 42.1 Å².